The number of carbonyl (C=O) groups is 2. The first kappa shape index (κ1) is 18.1. The molecular weight excluding hydrogens is 374 g/mol. The molecule has 0 aliphatic rings. The van der Waals surface area contributed by atoms with Crippen molar-refractivity contribution in [3.63, 3.8) is 0 Å². The fourth-order valence-electron chi connectivity index (χ4n) is 3.63. The van der Waals surface area contributed by atoms with Gasteiger partial charge < -0.3 is 15.6 Å². The predicted molar refractivity (Wildman–Crippen MR) is 113 cm³/mol. The molecule has 0 bridgehead atoms. The normalized spacial score (nSPS) is 11.1. The van der Waals surface area contributed by atoms with Gasteiger partial charge in [-0.25, -0.2) is 0 Å². The minimum Gasteiger partial charge on any atom is -0.366 e. The molecule has 0 saturated heterocycles. The Morgan fingerprint density at radius 3 is 2.57 bits per heavy atom. The number of rotatable bonds is 4. The number of anilines is 1. The van der Waals surface area contributed by atoms with Crippen LogP contribution in [-0.4, -0.2) is 16.4 Å². The van der Waals surface area contributed by atoms with E-state index in [9.17, 15) is 9.59 Å². The van der Waals surface area contributed by atoms with Crippen molar-refractivity contribution in [1.82, 2.24) is 4.57 Å². The van der Waals surface area contributed by atoms with Crippen molar-refractivity contribution in [2.24, 2.45) is 5.73 Å². The van der Waals surface area contributed by atoms with Crippen LogP contribution in [0.4, 0.5) is 5.69 Å². The third kappa shape index (κ3) is 3.21. The van der Waals surface area contributed by atoms with Crippen molar-refractivity contribution in [3.8, 4) is 0 Å². The third-order valence-electron chi connectivity index (χ3n) is 4.71. The summed E-state index contributed by atoms with van der Waals surface area (Å²) in [5.41, 5.74) is 9.66. The molecule has 2 amide bonds. The summed E-state index contributed by atoms with van der Waals surface area (Å²) in [5.74, 6) is -0.584. The molecule has 0 saturated carbocycles. The van der Waals surface area contributed by atoms with Gasteiger partial charge in [-0.15, -0.1) is 0 Å². The molecule has 5 nitrogen and oxygen atoms in total. The second kappa shape index (κ2) is 7.02. The van der Waals surface area contributed by atoms with E-state index in [1.165, 1.54) is 6.92 Å². The Morgan fingerprint density at radius 2 is 1.82 bits per heavy atom. The van der Waals surface area contributed by atoms with E-state index in [2.05, 4.69) is 9.88 Å². The molecule has 4 aromatic rings. The number of benzene rings is 3. The fourth-order valence-corrected chi connectivity index (χ4v) is 3.79. The van der Waals surface area contributed by atoms with Gasteiger partial charge in [-0.2, -0.15) is 0 Å². The Labute approximate surface area is 166 Å². The van der Waals surface area contributed by atoms with E-state index in [0.717, 1.165) is 33.1 Å². The Morgan fingerprint density at radius 1 is 1.04 bits per heavy atom. The molecule has 6 heteroatoms. The molecule has 1 heterocycles. The van der Waals surface area contributed by atoms with Crippen LogP contribution in [0, 0.1) is 0 Å². The Kier molecular flexibility index (Phi) is 4.53. The monoisotopic (exact) mass is 391 g/mol. The highest BCUT2D eigenvalue weighted by Gasteiger charge is 2.17. The van der Waals surface area contributed by atoms with Crippen LogP contribution in [-0.2, 0) is 11.3 Å². The molecule has 3 N–H and O–H groups in total. The average molecular weight is 392 g/mol. The van der Waals surface area contributed by atoms with Crippen molar-refractivity contribution >= 4 is 50.9 Å². The summed E-state index contributed by atoms with van der Waals surface area (Å²) in [4.78, 5) is 23.3. The Balaban J connectivity index is 1.93. The minimum atomic E-state index is -0.466. The van der Waals surface area contributed by atoms with E-state index in [1.807, 2.05) is 54.6 Å². The molecule has 0 fully saturated rings. The molecule has 4 rings (SSSR count). The quantitative estimate of drug-likeness (QED) is 0.535. The number of carbonyl (C=O) groups excluding carboxylic acids is 2. The number of fused-ring (bicyclic) bond motifs is 3. The number of hydrogen-bond donors (Lipinski definition) is 2. The van der Waals surface area contributed by atoms with Crippen LogP contribution in [0.3, 0.4) is 0 Å². The van der Waals surface area contributed by atoms with Gasteiger partial charge in [0, 0.05) is 40.5 Å². The summed E-state index contributed by atoms with van der Waals surface area (Å²) in [6.07, 6.45) is 0. The molecule has 0 unspecified atom stereocenters. The zero-order valence-electron chi connectivity index (χ0n) is 15.2. The summed E-state index contributed by atoms with van der Waals surface area (Å²) in [6, 6.07) is 18.8. The maximum atomic E-state index is 12.0. The highest BCUT2D eigenvalue weighted by Crippen LogP contribution is 2.34. The van der Waals surface area contributed by atoms with Gasteiger partial charge in [0.1, 0.15) is 0 Å². The highest BCUT2D eigenvalue weighted by molar-refractivity contribution is 6.32. The zero-order valence-corrected chi connectivity index (χ0v) is 16.0. The minimum absolute atomic E-state index is 0.119. The largest absolute Gasteiger partial charge is 0.366 e. The number of nitrogens with zero attached hydrogens (tertiary/aromatic N) is 1. The number of amides is 2. The van der Waals surface area contributed by atoms with Gasteiger partial charge in [0.05, 0.1) is 11.0 Å². The van der Waals surface area contributed by atoms with E-state index < -0.39 is 5.91 Å². The summed E-state index contributed by atoms with van der Waals surface area (Å²) in [7, 11) is 0. The predicted octanol–water partition coefficient (Wildman–Crippen LogP) is 4.55. The van der Waals surface area contributed by atoms with E-state index in [4.69, 9.17) is 17.3 Å². The summed E-state index contributed by atoms with van der Waals surface area (Å²) in [6.45, 7) is 2.03. The third-order valence-corrected chi connectivity index (χ3v) is 4.94. The Hall–Kier alpha value is -3.31. The van der Waals surface area contributed by atoms with Crippen molar-refractivity contribution in [2.45, 2.75) is 13.5 Å². The van der Waals surface area contributed by atoms with Crippen LogP contribution in [0.25, 0.3) is 21.8 Å². The fraction of sp³-hybridized carbons (Fsp3) is 0.0909. The molecule has 0 spiro atoms. The van der Waals surface area contributed by atoms with Crippen LogP contribution in [0.15, 0.2) is 60.7 Å². The van der Waals surface area contributed by atoms with Crippen LogP contribution < -0.4 is 11.1 Å². The highest BCUT2D eigenvalue weighted by atomic mass is 35.5. The summed E-state index contributed by atoms with van der Waals surface area (Å²) in [5, 5.41) is 5.16. The molecule has 1 aromatic heterocycles. The lowest BCUT2D eigenvalue weighted by molar-refractivity contribution is -0.114. The molecule has 28 heavy (non-hydrogen) atoms. The van der Waals surface area contributed by atoms with Gasteiger partial charge in [0.2, 0.25) is 11.8 Å². The summed E-state index contributed by atoms with van der Waals surface area (Å²) >= 11 is 6.25. The molecule has 3 aromatic carbocycles. The number of halogens is 1. The van der Waals surface area contributed by atoms with Crippen LogP contribution >= 0.6 is 11.6 Å². The summed E-state index contributed by atoms with van der Waals surface area (Å²) < 4.78 is 2.11. The average Bonchev–Trinajstić information content (AvgIpc) is 2.94. The maximum Gasteiger partial charge on any atom is 0.249 e. The molecule has 140 valence electrons. The number of hydrogen-bond acceptors (Lipinski definition) is 2. The lowest BCUT2D eigenvalue weighted by Crippen LogP contribution is -2.11. The van der Waals surface area contributed by atoms with Gasteiger partial charge >= 0.3 is 0 Å². The van der Waals surface area contributed by atoms with Crippen LogP contribution in [0.1, 0.15) is 22.8 Å². The van der Waals surface area contributed by atoms with E-state index >= 15 is 0 Å². The second-order valence-electron chi connectivity index (χ2n) is 6.69. The first-order valence-electron chi connectivity index (χ1n) is 8.81. The number of nitrogens with two attached hydrogens (primary N) is 1. The van der Waals surface area contributed by atoms with Crippen molar-refractivity contribution in [3.05, 3.63) is 76.8 Å². The second-order valence-corrected chi connectivity index (χ2v) is 7.13. The molecule has 0 aliphatic carbocycles. The molecule has 0 atom stereocenters. The topological polar surface area (TPSA) is 77.1 Å². The van der Waals surface area contributed by atoms with Crippen molar-refractivity contribution in [1.29, 1.82) is 0 Å². The Bertz CT molecular complexity index is 1240. The van der Waals surface area contributed by atoms with Crippen LogP contribution in [0.2, 0.25) is 5.02 Å². The van der Waals surface area contributed by atoms with Crippen molar-refractivity contribution < 1.29 is 9.59 Å². The number of primary amides is 1. The van der Waals surface area contributed by atoms with E-state index in [-0.39, 0.29) is 5.91 Å². The van der Waals surface area contributed by atoms with Gasteiger partial charge in [-0.1, -0.05) is 35.9 Å². The first-order valence-corrected chi connectivity index (χ1v) is 9.18. The van der Waals surface area contributed by atoms with Crippen molar-refractivity contribution in [2.75, 3.05) is 5.32 Å². The molecule has 0 aliphatic heterocycles. The van der Waals surface area contributed by atoms with Gasteiger partial charge in [0.15, 0.2) is 0 Å². The number of nitrogens with one attached hydrogen (secondary N) is 1. The van der Waals surface area contributed by atoms with E-state index in [0.29, 0.717) is 17.1 Å². The van der Waals surface area contributed by atoms with Gasteiger partial charge in [-0.3, -0.25) is 9.59 Å². The van der Waals surface area contributed by atoms with E-state index in [1.54, 1.807) is 6.07 Å². The zero-order chi connectivity index (χ0) is 19.8. The molecular formula is C22H18ClN3O2. The lowest BCUT2D eigenvalue weighted by Gasteiger charge is -2.10. The lowest BCUT2D eigenvalue weighted by atomic mass is 10.1. The maximum absolute atomic E-state index is 12.0. The first-order chi connectivity index (χ1) is 13.4. The van der Waals surface area contributed by atoms with Crippen LogP contribution in [0.5, 0.6) is 0 Å². The SMILES string of the molecule is CC(=O)Nc1cccc(Cn2c3cc(Cl)ccc3c3c(C(N)=O)cccc32)c1. The van der Waals surface area contributed by atoms with Gasteiger partial charge in [-0.05, 0) is 42.0 Å². The standard InChI is InChI=1S/C22H18ClN3O2/c1-13(27)25-16-5-2-4-14(10-16)12-26-19-7-3-6-18(22(24)28)21(19)17-9-8-15(23)11-20(17)26/h2-11H,12H2,1H3,(H2,24,28)(H,25,27). The smallest absolute Gasteiger partial charge is 0.249 e. The van der Waals surface area contributed by atoms with Gasteiger partial charge in [0.25, 0.3) is 0 Å². The molecule has 0 radical (unpaired) electrons. The number of aromatic nitrogens is 1.